The van der Waals surface area contributed by atoms with E-state index in [1.54, 1.807) is 18.2 Å². The average Bonchev–Trinajstić information content (AvgIpc) is 3.17. The minimum atomic E-state index is -4.01. The van der Waals surface area contributed by atoms with Gasteiger partial charge in [-0.05, 0) is 25.1 Å². The van der Waals surface area contributed by atoms with Crippen LogP contribution in [-0.4, -0.2) is 51.6 Å². The van der Waals surface area contributed by atoms with E-state index in [4.69, 9.17) is 0 Å². The fourth-order valence-electron chi connectivity index (χ4n) is 2.76. The summed E-state index contributed by atoms with van der Waals surface area (Å²) in [5.41, 5.74) is -2.22. The first-order valence-corrected chi connectivity index (χ1v) is 10.1. The fraction of sp³-hybridized carbons (Fsp3) is 0.222. The Kier molecular flexibility index (Phi) is 5.46. The molecule has 0 saturated carbocycles. The number of carbonyl (C=O) groups is 1. The number of hydrogen-bond donors (Lipinski definition) is 3. The summed E-state index contributed by atoms with van der Waals surface area (Å²) < 4.78 is 26.8. The van der Waals surface area contributed by atoms with E-state index < -0.39 is 38.6 Å². The second-order valence-electron chi connectivity index (χ2n) is 6.82. The minimum Gasteiger partial charge on any atom is -0.481 e. The number of benzene rings is 1. The molecule has 0 saturated heterocycles. The van der Waals surface area contributed by atoms with Crippen molar-refractivity contribution in [2.75, 3.05) is 18.5 Å². The Morgan fingerprint density at radius 1 is 1.30 bits per heavy atom. The number of carboxylic acid groups (broad SMARTS) is 1. The van der Waals surface area contributed by atoms with Gasteiger partial charge in [-0.25, -0.2) is 17.4 Å². The van der Waals surface area contributed by atoms with Crippen LogP contribution >= 0.6 is 0 Å². The van der Waals surface area contributed by atoms with E-state index in [9.17, 15) is 33.5 Å². The first-order chi connectivity index (χ1) is 14.1. The second kappa shape index (κ2) is 7.72. The van der Waals surface area contributed by atoms with Crippen molar-refractivity contribution in [3.05, 3.63) is 58.9 Å². The zero-order valence-corrected chi connectivity index (χ0v) is 16.5. The number of fused-ring (bicyclic) bond motifs is 1. The summed E-state index contributed by atoms with van der Waals surface area (Å²) in [5, 5.41) is 33.0. The number of hydrogen-bond acceptors (Lipinski definition) is 8. The summed E-state index contributed by atoms with van der Waals surface area (Å²) in [6.45, 7) is 0.230. The molecule has 0 spiro atoms. The van der Waals surface area contributed by atoms with Gasteiger partial charge in [0.05, 0.1) is 21.8 Å². The van der Waals surface area contributed by atoms with Crippen molar-refractivity contribution in [2.24, 2.45) is 5.41 Å². The number of aliphatic hydroxyl groups excluding tert-OH is 1. The monoisotopic (exact) mass is 434 g/mol. The van der Waals surface area contributed by atoms with Gasteiger partial charge in [-0.3, -0.25) is 14.9 Å². The van der Waals surface area contributed by atoms with Crippen LogP contribution in [0, 0.1) is 15.5 Å². The molecule has 158 valence electrons. The van der Waals surface area contributed by atoms with Gasteiger partial charge in [-0.1, -0.05) is 18.2 Å². The Morgan fingerprint density at radius 2 is 1.97 bits per heavy atom. The van der Waals surface area contributed by atoms with E-state index in [-0.39, 0.29) is 28.2 Å². The zero-order valence-electron chi connectivity index (χ0n) is 15.7. The molecule has 0 aliphatic carbocycles. The standard InChI is InChI=1S/C18H18N4O7S/c1-18(11-23,17(24)25)10-20-15-13-7-8-21(16(13)19-9-14(15)22(26)27)30(28,29)12-5-3-2-4-6-12/h2-9,23H,10-11H2,1H3,(H,19,20)(H,24,25)/t18-/m0/s1. The highest BCUT2D eigenvalue weighted by molar-refractivity contribution is 7.90. The molecule has 30 heavy (non-hydrogen) atoms. The van der Waals surface area contributed by atoms with Crippen LogP contribution in [0.3, 0.4) is 0 Å². The molecule has 0 fully saturated rings. The zero-order chi connectivity index (χ0) is 22.1. The molecular weight excluding hydrogens is 416 g/mol. The van der Waals surface area contributed by atoms with Crippen molar-refractivity contribution in [2.45, 2.75) is 11.8 Å². The molecule has 0 unspecified atom stereocenters. The highest BCUT2D eigenvalue weighted by Gasteiger charge is 2.34. The van der Waals surface area contributed by atoms with Crippen molar-refractivity contribution in [1.29, 1.82) is 0 Å². The molecular formula is C18H18N4O7S. The van der Waals surface area contributed by atoms with E-state index in [0.717, 1.165) is 10.2 Å². The smallest absolute Gasteiger partial charge is 0.313 e. The number of nitrogens with zero attached hydrogens (tertiary/aromatic N) is 3. The van der Waals surface area contributed by atoms with Crippen LogP contribution in [0.2, 0.25) is 0 Å². The van der Waals surface area contributed by atoms with E-state index in [1.165, 1.54) is 31.3 Å². The maximum Gasteiger partial charge on any atom is 0.313 e. The predicted octanol–water partition coefficient (Wildman–Crippen LogP) is 1.68. The van der Waals surface area contributed by atoms with Gasteiger partial charge in [0, 0.05) is 12.7 Å². The molecule has 3 N–H and O–H groups in total. The van der Waals surface area contributed by atoms with Gasteiger partial charge in [0.25, 0.3) is 10.0 Å². The number of pyridine rings is 1. The van der Waals surface area contributed by atoms with Crippen LogP contribution in [0.1, 0.15) is 6.92 Å². The van der Waals surface area contributed by atoms with Crippen molar-refractivity contribution < 1.29 is 28.3 Å². The second-order valence-corrected chi connectivity index (χ2v) is 8.63. The van der Waals surface area contributed by atoms with Gasteiger partial charge in [-0.15, -0.1) is 0 Å². The quantitative estimate of drug-likeness (QED) is 0.353. The van der Waals surface area contributed by atoms with Crippen LogP contribution in [0.15, 0.2) is 53.7 Å². The Bertz CT molecular complexity index is 1220. The number of aromatic nitrogens is 2. The largest absolute Gasteiger partial charge is 0.481 e. The Hall–Kier alpha value is -3.51. The first-order valence-electron chi connectivity index (χ1n) is 8.65. The van der Waals surface area contributed by atoms with Gasteiger partial charge in [0.2, 0.25) is 0 Å². The number of nitrogens with one attached hydrogen (secondary N) is 1. The Balaban J connectivity index is 2.14. The SMILES string of the molecule is C[C@@](CO)(CNc1c([N+](=O)[O-])cnc2c1ccn2S(=O)(=O)c1ccccc1)C(=O)O. The number of aliphatic carboxylic acids is 1. The summed E-state index contributed by atoms with van der Waals surface area (Å²) in [6.07, 6.45) is 2.12. The van der Waals surface area contributed by atoms with Gasteiger partial charge >= 0.3 is 11.7 Å². The highest BCUT2D eigenvalue weighted by atomic mass is 32.2. The lowest BCUT2D eigenvalue weighted by Crippen LogP contribution is -2.38. The van der Waals surface area contributed by atoms with Crippen molar-refractivity contribution in [1.82, 2.24) is 8.96 Å². The van der Waals surface area contributed by atoms with Crippen LogP contribution in [0.5, 0.6) is 0 Å². The summed E-state index contributed by atoms with van der Waals surface area (Å²) in [5.74, 6) is -1.30. The number of rotatable bonds is 8. The van der Waals surface area contributed by atoms with Gasteiger partial charge < -0.3 is 15.5 Å². The maximum atomic E-state index is 12.9. The minimum absolute atomic E-state index is 0.0101. The van der Waals surface area contributed by atoms with E-state index in [1.807, 2.05) is 0 Å². The number of anilines is 1. The Morgan fingerprint density at radius 3 is 2.53 bits per heavy atom. The molecule has 1 atom stereocenters. The molecule has 0 bridgehead atoms. The summed E-state index contributed by atoms with van der Waals surface area (Å²) in [7, 11) is -4.01. The van der Waals surface area contributed by atoms with Crippen molar-refractivity contribution >= 4 is 38.4 Å². The lowest BCUT2D eigenvalue weighted by atomic mass is 9.92. The molecule has 12 heteroatoms. The molecule has 3 aromatic rings. The summed E-state index contributed by atoms with van der Waals surface area (Å²) in [6, 6.07) is 8.94. The molecule has 3 rings (SSSR count). The molecule has 0 radical (unpaired) electrons. The summed E-state index contributed by atoms with van der Waals surface area (Å²) in [4.78, 5) is 26.1. The van der Waals surface area contributed by atoms with Gasteiger partial charge in [0.15, 0.2) is 5.65 Å². The van der Waals surface area contributed by atoms with Crippen LogP contribution in [0.4, 0.5) is 11.4 Å². The van der Waals surface area contributed by atoms with Crippen LogP contribution in [0.25, 0.3) is 11.0 Å². The third-order valence-corrected chi connectivity index (χ3v) is 6.36. The van der Waals surface area contributed by atoms with Crippen LogP contribution < -0.4 is 5.32 Å². The summed E-state index contributed by atoms with van der Waals surface area (Å²) >= 11 is 0. The van der Waals surface area contributed by atoms with Crippen molar-refractivity contribution in [3.8, 4) is 0 Å². The third kappa shape index (κ3) is 3.57. The third-order valence-electron chi connectivity index (χ3n) is 4.68. The molecule has 2 heterocycles. The van der Waals surface area contributed by atoms with Gasteiger partial charge in [-0.2, -0.15) is 0 Å². The maximum absolute atomic E-state index is 12.9. The number of carboxylic acids is 1. The fourth-order valence-corrected chi connectivity index (χ4v) is 4.08. The molecule has 0 aliphatic heterocycles. The Labute approximate surface area is 170 Å². The highest BCUT2D eigenvalue weighted by Crippen LogP contribution is 2.34. The van der Waals surface area contributed by atoms with Crippen molar-refractivity contribution in [3.63, 3.8) is 0 Å². The average molecular weight is 434 g/mol. The number of nitro groups is 1. The van der Waals surface area contributed by atoms with E-state index in [0.29, 0.717) is 0 Å². The topological polar surface area (TPSA) is 165 Å². The molecule has 2 aromatic heterocycles. The van der Waals surface area contributed by atoms with E-state index >= 15 is 0 Å². The van der Waals surface area contributed by atoms with Gasteiger partial charge in [0.1, 0.15) is 17.3 Å². The molecule has 0 aliphatic rings. The number of aliphatic hydroxyl groups is 1. The molecule has 1 aromatic carbocycles. The predicted molar refractivity (Wildman–Crippen MR) is 107 cm³/mol. The lowest BCUT2D eigenvalue weighted by molar-refractivity contribution is -0.384. The van der Waals surface area contributed by atoms with E-state index in [2.05, 4.69) is 10.3 Å². The first kappa shape index (κ1) is 21.2. The normalized spacial score (nSPS) is 13.7. The lowest BCUT2D eigenvalue weighted by Gasteiger charge is -2.23. The molecule has 0 amide bonds. The molecule has 11 nitrogen and oxygen atoms in total. The van der Waals surface area contributed by atoms with Crippen LogP contribution in [-0.2, 0) is 14.8 Å².